The van der Waals surface area contributed by atoms with Crippen LogP contribution in [-0.4, -0.2) is 46.3 Å². The van der Waals surface area contributed by atoms with Crippen LogP contribution in [0.3, 0.4) is 0 Å². The summed E-state index contributed by atoms with van der Waals surface area (Å²) < 4.78 is 0. The molecule has 3 aromatic carbocycles. The maximum Gasteiger partial charge on any atom is 0.304 e. The van der Waals surface area contributed by atoms with E-state index in [1.165, 1.54) is 0 Å². The van der Waals surface area contributed by atoms with E-state index in [4.69, 9.17) is 11.5 Å². The number of anilines is 1. The van der Waals surface area contributed by atoms with Gasteiger partial charge < -0.3 is 21.5 Å². The van der Waals surface area contributed by atoms with E-state index in [0.29, 0.717) is 24.2 Å². The van der Waals surface area contributed by atoms with E-state index in [-0.39, 0.29) is 24.5 Å². The fourth-order valence-corrected chi connectivity index (χ4v) is 4.93. The number of benzene rings is 3. The molecular weight excluding hydrogens is 454 g/mol. The third-order valence-corrected chi connectivity index (χ3v) is 6.79. The number of aliphatic carboxylic acids is 1. The van der Waals surface area contributed by atoms with Crippen LogP contribution in [0.15, 0.2) is 78.9 Å². The van der Waals surface area contributed by atoms with E-state index in [0.717, 1.165) is 23.1 Å². The van der Waals surface area contributed by atoms with Crippen molar-refractivity contribution >= 4 is 23.3 Å². The highest BCUT2D eigenvalue weighted by atomic mass is 16.4. The van der Waals surface area contributed by atoms with Gasteiger partial charge >= 0.3 is 5.97 Å². The van der Waals surface area contributed by atoms with Gasteiger partial charge in [0.25, 0.3) is 0 Å². The first-order chi connectivity index (χ1) is 17.3. The molecule has 3 aromatic rings. The highest BCUT2D eigenvalue weighted by Gasteiger charge is 2.44. The molecule has 4 rings (SSSR count). The lowest BCUT2D eigenvalue weighted by Gasteiger charge is -2.29. The predicted molar refractivity (Wildman–Crippen MR) is 139 cm³/mol. The predicted octanol–water partition coefficient (Wildman–Crippen LogP) is 3.77. The molecule has 36 heavy (non-hydrogen) atoms. The highest BCUT2D eigenvalue weighted by Crippen LogP contribution is 2.31. The van der Waals surface area contributed by atoms with E-state index in [1.807, 2.05) is 66.7 Å². The Labute approximate surface area is 210 Å². The van der Waals surface area contributed by atoms with Crippen LogP contribution >= 0.6 is 0 Å². The molecule has 3 atom stereocenters. The van der Waals surface area contributed by atoms with Gasteiger partial charge in [-0.15, -0.1) is 0 Å². The minimum absolute atomic E-state index is 0.240. The van der Waals surface area contributed by atoms with E-state index >= 15 is 0 Å². The van der Waals surface area contributed by atoms with Gasteiger partial charge in [0.2, 0.25) is 5.91 Å². The number of carbonyl (C=O) groups is 3. The third-order valence-electron chi connectivity index (χ3n) is 6.79. The van der Waals surface area contributed by atoms with Crippen molar-refractivity contribution in [1.29, 1.82) is 0 Å². The number of rotatable bonds is 10. The first-order valence-electron chi connectivity index (χ1n) is 12.2. The fourth-order valence-electron chi connectivity index (χ4n) is 4.93. The molecule has 0 saturated carbocycles. The molecule has 7 nitrogen and oxygen atoms in total. The average Bonchev–Trinajstić information content (AvgIpc) is 3.18. The van der Waals surface area contributed by atoms with Gasteiger partial charge in [-0.1, -0.05) is 66.7 Å². The zero-order valence-electron chi connectivity index (χ0n) is 20.0. The van der Waals surface area contributed by atoms with Crippen molar-refractivity contribution in [1.82, 2.24) is 4.90 Å². The Bertz CT molecular complexity index is 1230. The normalized spacial score (nSPS) is 18.2. The Kier molecular flexibility index (Phi) is 7.80. The maximum absolute atomic E-state index is 13.3. The quantitative estimate of drug-likeness (QED) is 0.296. The van der Waals surface area contributed by atoms with Crippen molar-refractivity contribution in [3.63, 3.8) is 0 Å². The lowest BCUT2D eigenvalue weighted by molar-refractivity contribution is -0.142. The molecule has 1 amide bonds. The molecule has 7 heteroatoms. The Hall–Kier alpha value is -3.97. The highest BCUT2D eigenvalue weighted by molar-refractivity contribution is 6.01. The van der Waals surface area contributed by atoms with Crippen LogP contribution in [0.2, 0.25) is 0 Å². The number of nitrogen functional groups attached to an aromatic ring is 1. The molecule has 1 unspecified atom stereocenters. The number of ketones is 1. The molecule has 0 aromatic heterocycles. The minimum Gasteiger partial charge on any atom is -0.481 e. The molecule has 186 valence electrons. The van der Waals surface area contributed by atoms with Crippen LogP contribution < -0.4 is 11.5 Å². The number of hydrogen-bond donors (Lipinski definition) is 3. The van der Waals surface area contributed by atoms with E-state index < -0.39 is 24.0 Å². The molecule has 5 N–H and O–H groups in total. The van der Waals surface area contributed by atoms with Gasteiger partial charge in [0.15, 0.2) is 5.78 Å². The van der Waals surface area contributed by atoms with Crippen molar-refractivity contribution in [2.24, 2.45) is 11.7 Å². The van der Waals surface area contributed by atoms with Crippen molar-refractivity contribution in [2.45, 2.75) is 37.8 Å². The average molecular weight is 486 g/mol. The zero-order valence-corrected chi connectivity index (χ0v) is 20.0. The lowest BCUT2D eigenvalue weighted by atomic mass is 9.92. The summed E-state index contributed by atoms with van der Waals surface area (Å²) in [6.45, 7) is 0.420. The number of carboxylic acids is 1. The van der Waals surface area contributed by atoms with Gasteiger partial charge in [-0.2, -0.15) is 0 Å². The van der Waals surface area contributed by atoms with Crippen LogP contribution in [-0.2, 0) is 16.0 Å². The standard InChI is InChI=1S/C29H31N3O4/c30-24-10-4-9-22(16-24)20-11-13-21(14-12-20)28(35)27(31)25-17-23(18-26(33)34)29(36)32(25)15-5-8-19-6-2-1-3-7-19/h1-4,6-7,9-14,16,23,25,27H,5,8,15,17-18,30-31H2,(H,33,34)/t23-,25-,27?/m0/s1. The van der Waals surface area contributed by atoms with Gasteiger partial charge in [-0.3, -0.25) is 14.4 Å². The zero-order chi connectivity index (χ0) is 25.7. The van der Waals surface area contributed by atoms with Gasteiger partial charge in [0.05, 0.1) is 24.4 Å². The summed E-state index contributed by atoms with van der Waals surface area (Å²) in [5.74, 6) is -2.21. The third kappa shape index (κ3) is 5.80. The number of aryl methyl sites for hydroxylation is 1. The van der Waals surface area contributed by atoms with Gasteiger partial charge in [-0.05, 0) is 48.1 Å². The second-order valence-electron chi connectivity index (χ2n) is 9.31. The van der Waals surface area contributed by atoms with Crippen LogP contribution in [0.4, 0.5) is 5.69 Å². The number of nitrogens with two attached hydrogens (primary N) is 2. The van der Waals surface area contributed by atoms with Crippen LogP contribution in [0.1, 0.15) is 35.2 Å². The smallest absolute Gasteiger partial charge is 0.304 e. The molecule has 0 spiro atoms. The van der Waals surface area contributed by atoms with E-state index in [9.17, 15) is 19.5 Å². The summed E-state index contributed by atoms with van der Waals surface area (Å²) in [4.78, 5) is 39.3. The summed E-state index contributed by atoms with van der Waals surface area (Å²) in [5, 5.41) is 9.28. The monoisotopic (exact) mass is 485 g/mol. The maximum atomic E-state index is 13.3. The van der Waals surface area contributed by atoms with Crippen molar-refractivity contribution in [3.05, 3.63) is 90.0 Å². The fraction of sp³-hybridized carbons (Fsp3) is 0.276. The molecule has 1 aliphatic rings. The van der Waals surface area contributed by atoms with Gasteiger partial charge in [0.1, 0.15) is 0 Å². The Morgan fingerprint density at radius 3 is 2.36 bits per heavy atom. The second kappa shape index (κ2) is 11.2. The number of likely N-dealkylation sites (tertiary alicyclic amines) is 1. The van der Waals surface area contributed by atoms with Crippen LogP contribution in [0.25, 0.3) is 11.1 Å². The molecule has 0 aliphatic carbocycles. The summed E-state index contributed by atoms with van der Waals surface area (Å²) in [6, 6.07) is 23.1. The second-order valence-corrected chi connectivity index (χ2v) is 9.31. The minimum atomic E-state index is -1.03. The summed E-state index contributed by atoms with van der Waals surface area (Å²) >= 11 is 0. The van der Waals surface area contributed by atoms with E-state index in [2.05, 4.69) is 0 Å². The number of amides is 1. The Balaban J connectivity index is 1.48. The molecule has 0 radical (unpaired) electrons. The van der Waals surface area contributed by atoms with Crippen LogP contribution in [0.5, 0.6) is 0 Å². The first-order valence-corrected chi connectivity index (χ1v) is 12.2. The molecule has 1 fully saturated rings. The molecular formula is C29H31N3O4. The number of carboxylic acid groups (broad SMARTS) is 1. The molecule has 1 saturated heterocycles. The topological polar surface area (TPSA) is 127 Å². The molecule has 1 aliphatic heterocycles. The van der Waals surface area contributed by atoms with Gasteiger partial charge in [-0.25, -0.2) is 0 Å². The SMILES string of the molecule is Nc1cccc(-c2ccc(C(=O)C(N)[C@@H]3C[C@@H](CC(=O)O)C(=O)N3CCCc3ccccc3)cc2)c1. The van der Waals surface area contributed by atoms with Crippen molar-refractivity contribution in [3.8, 4) is 11.1 Å². The van der Waals surface area contributed by atoms with Crippen molar-refractivity contribution < 1.29 is 19.5 Å². The number of hydrogen-bond acceptors (Lipinski definition) is 5. The van der Waals surface area contributed by atoms with Crippen LogP contribution in [0, 0.1) is 5.92 Å². The number of carbonyl (C=O) groups excluding carboxylic acids is 2. The first kappa shape index (κ1) is 25.1. The summed E-state index contributed by atoms with van der Waals surface area (Å²) in [6.07, 6.45) is 1.46. The van der Waals surface area contributed by atoms with Gasteiger partial charge in [0, 0.05) is 17.8 Å². The number of Topliss-reactive ketones (excluding diaryl/α,β-unsaturated/α-hetero) is 1. The molecule has 0 bridgehead atoms. The van der Waals surface area contributed by atoms with Crippen molar-refractivity contribution in [2.75, 3.05) is 12.3 Å². The number of nitrogens with zero attached hydrogens (tertiary/aromatic N) is 1. The summed E-state index contributed by atoms with van der Waals surface area (Å²) in [5.41, 5.74) is 16.5. The molecule has 1 heterocycles. The Morgan fingerprint density at radius 1 is 0.972 bits per heavy atom. The summed E-state index contributed by atoms with van der Waals surface area (Å²) in [7, 11) is 0. The lowest BCUT2D eigenvalue weighted by Crippen LogP contribution is -2.50. The Morgan fingerprint density at radius 2 is 1.69 bits per heavy atom. The van der Waals surface area contributed by atoms with E-state index in [1.54, 1.807) is 17.0 Å². The largest absolute Gasteiger partial charge is 0.481 e.